The van der Waals surface area contributed by atoms with E-state index < -0.39 is 45.7 Å². The van der Waals surface area contributed by atoms with Crippen LogP contribution in [0.25, 0.3) is 10.8 Å². The van der Waals surface area contributed by atoms with Gasteiger partial charge in [0.15, 0.2) is 9.76 Å². The van der Waals surface area contributed by atoms with Crippen molar-refractivity contribution in [1.82, 2.24) is 15.2 Å². The maximum Gasteiger partial charge on any atom is 0.323 e. The van der Waals surface area contributed by atoms with Gasteiger partial charge in [-0.05, 0) is 42.3 Å². The van der Waals surface area contributed by atoms with Gasteiger partial charge in [-0.25, -0.2) is 0 Å². The molecule has 9 heteroatoms. The summed E-state index contributed by atoms with van der Waals surface area (Å²) in [4.78, 5) is 43.4. The fourth-order valence-corrected chi connectivity index (χ4v) is 4.78. The van der Waals surface area contributed by atoms with Crippen LogP contribution in [0.2, 0.25) is 5.04 Å². The molecule has 2 aromatic rings. The van der Waals surface area contributed by atoms with Crippen LogP contribution in [-0.2, 0) is 14.0 Å². The smallest absolute Gasteiger partial charge is 0.323 e. The highest BCUT2D eigenvalue weighted by Gasteiger charge is 2.35. The largest absolute Gasteiger partial charge is 0.480 e. The average Bonchev–Trinajstić information content (AvgIpc) is 2.91. The van der Waals surface area contributed by atoms with E-state index in [1.165, 1.54) is 4.90 Å². The molecule has 182 valence electrons. The summed E-state index contributed by atoms with van der Waals surface area (Å²) in [7, 11) is -0.888. The lowest BCUT2D eigenvalue weighted by Gasteiger charge is -2.34. The summed E-state index contributed by atoms with van der Waals surface area (Å²) in [6.07, 6.45) is 3.70. The van der Waals surface area contributed by atoms with E-state index >= 15 is 0 Å². The Hall–Kier alpha value is -3.04. The summed E-state index contributed by atoms with van der Waals surface area (Å²) >= 11 is 0. The van der Waals surface area contributed by atoms with Gasteiger partial charge in [0.25, 0.3) is 5.91 Å². The van der Waals surface area contributed by atoms with Crippen molar-refractivity contribution in [3.05, 3.63) is 53.9 Å². The first kappa shape index (κ1) is 25.6. The Bertz CT molecular complexity index is 1120. The number of carbonyl (C=O) groups is 3. The summed E-state index contributed by atoms with van der Waals surface area (Å²) in [6, 6.07) is 8.30. The van der Waals surface area contributed by atoms with Crippen molar-refractivity contribution in [2.45, 2.75) is 57.7 Å². The van der Waals surface area contributed by atoms with E-state index in [9.17, 15) is 19.5 Å². The second-order valence-corrected chi connectivity index (χ2v) is 13.0. The zero-order chi connectivity index (χ0) is 25.1. The summed E-state index contributed by atoms with van der Waals surface area (Å²) < 4.78 is 6.30. The standard InChI is InChI=1S/C25H33N3O5Si/c1-24(2,3)34-33-25(4,5)17-10-11-19(23(32)28(14-17)15-20(29)30)27-22(31)21-18-9-7-6-8-16(18)12-13-26-21/h6-10,12-13,19H,11,14-15,34H2,1-5H3,(H,27,31)(H,29,30). The van der Waals surface area contributed by atoms with Gasteiger partial charge in [-0.3, -0.25) is 19.4 Å². The molecule has 8 nitrogen and oxygen atoms in total. The number of carboxylic acid groups (broad SMARTS) is 1. The van der Waals surface area contributed by atoms with Crippen LogP contribution in [0.3, 0.4) is 0 Å². The summed E-state index contributed by atoms with van der Waals surface area (Å²) in [6.45, 7) is 9.95. The number of hydrogen-bond acceptors (Lipinski definition) is 5. The SMILES string of the molecule is CC(C)(C)[SiH2]OC(C)(C)C1=CCC(NC(=O)c2nccc3ccccc23)C(=O)N(CC(=O)O)C1. The quantitative estimate of drug-likeness (QED) is 0.463. The zero-order valence-electron chi connectivity index (χ0n) is 20.4. The van der Waals surface area contributed by atoms with Gasteiger partial charge >= 0.3 is 5.97 Å². The van der Waals surface area contributed by atoms with Crippen LogP contribution in [0.5, 0.6) is 0 Å². The van der Waals surface area contributed by atoms with Gasteiger partial charge in [0.2, 0.25) is 5.91 Å². The molecule has 2 heterocycles. The minimum absolute atomic E-state index is 0.0844. The Morgan fingerprint density at radius 1 is 1.21 bits per heavy atom. The molecule has 0 bridgehead atoms. The number of nitrogens with zero attached hydrogens (tertiary/aromatic N) is 2. The number of benzene rings is 1. The number of carbonyl (C=O) groups excluding carboxylic acids is 2. The minimum Gasteiger partial charge on any atom is -0.480 e. The molecule has 0 spiro atoms. The van der Waals surface area contributed by atoms with Gasteiger partial charge in [0.05, 0.1) is 5.60 Å². The second-order valence-electron chi connectivity index (χ2n) is 10.3. The number of fused-ring (bicyclic) bond motifs is 1. The highest BCUT2D eigenvalue weighted by molar-refractivity contribution is 6.31. The first-order valence-corrected chi connectivity index (χ1v) is 12.6. The molecule has 1 aromatic heterocycles. The molecular weight excluding hydrogens is 450 g/mol. The molecular formula is C25H33N3O5Si. The van der Waals surface area contributed by atoms with E-state index in [1.54, 1.807) is 12.3 Å². The molecule has 1 aliphatic rings. The summed E-state index contributed by atoms with van der Waals surface area (Å²) in [5.74, 6) is -2.03. The van der Waals surface area contributed by atoms with E-state index in [2.05, 4.69) is 31.1 Å². The molecule has 0 saturated carbocycles. The van der Waals surface area contributed by atoms with Crippen molar-refractivity contribution >= 4 is 38.3 Å². The Balaban J connectivity index is 1.87. The van der Waals surface area contributed by atoms with Gasteiger partial charge in [-0.15, -0.1) is 0 Å². The third-order valence-corrected chi connectivity index (χ3v) is 7.46. The van der Waals surface area contributed by atoms with Crippen molar-refractivity contribution in [2.24, 2.45) is 0 Å². The fraction of sp³-hybridized carbons (Fsp3) is 0.440. The molecule has 2 N–H and O–H groups in total. The third-order valence-electron chi connectivity index (χ3n) is 5.73. The average molecular weight is 484 g/mol. The topological polar surface area (TPSA) is 109 Å². The molecule has 0 fully saturated rings. The summed E-state index contributed by atoms with van der Waals surface area (Å²) in [5.41, 5.74) is 0.412. The van der Waals surface area contributed by atoms with Crippen molar-refractivity contribution in [3.63, 3.8) is 0 Å². The predicted octanol–water partition coefficient (Wildman–Crippen LogP) is 2.67. The number of aromatic nitrogens is 1. The second kappa shape index (κ2) is 10.1. The van der Waals surface area contributed by atoms with Gasteiger partial charge in [-0.2, -0.15) is 0 Å². The number of pyridine rings is 1. The summed E-state index contributed by atoms with van der Waals surface area (Å²) in [5, 5.41) is 13.8. The lowest BCUT2D eigenvalue weighted by Crippen LogP contribution is -2.50. The van der Waals surface area contributed by atoms with E-state index in [0.29, 0.717) is 5.39 Å². The fourth-order valence-electron chi connectivity index (χ4n) is 3.80. The van der Waals surface area contributed by atoms with Gasteiger partial charge in [-0.1, -0.05) is 51.1 Å². The first-order chi connectivity index (χ1) is 15.9. The molecule has 1 aliphatic heterocycles. The molecule has 0 aliphatic carbocycles. The maximum atomic E-state index is 13.3. The van der Waals surface area contributed by atoms with Crippen molar-refractivity contribution in [3.8, 4) is 0 Å². The minimum atomic E-state index is -1.11. The van der Waals surface area contributed by atoms with Gasteiger partial charge in [0.1, 0.15) is 18.3 Å². The highest BCUT2D eigenvalue weighted by Crippen LogP contribution is 2.29. The van der Waals surface area contributed by atoms with Crippen LogP contribution >= 0.6 is 0 Å². The molecule has 3 rings (SSSR count). The van der Waals surface area contributed by atoms with Gasteiger partial charge < -0.3 is 19.7 Å². The Labute approximate surface area is 202 Å². The Kier molecular flexibility index (Phi) is 7.57. The molecule has 1 unspecified atom stereocenters. The lowest BCUT2D eigenvalue weighted by molar-refractivity contribution is -0.144. The highest BCUT2D eigenvalue weighted by atomic mass is 28.2. The van der Waals surface area contributed by atoms with E-state index in [0.717, 1.165) is 11.0 Å². The van der Waals surface area contributed by atoms with Crippen LogP contribution in [-0.4, -0.2) is 67.3 Å². The monoisotopic (exact) mass is 483 g/mol. The predicted molar refractivity (Wildman–Crippen MR) is 133 cm³/mol. The molecule has 1 atom stereocenters. The number of nitrogens with one attached hydrogen (secondary N) is 1. The number of hydrogen-bond donors (Lipinski definition) is 2. The van der Waals surface area contributed by atoms with Crippen LogP contribution in [0.1, 0.15) is 51.5 Å². The van der Waals surface area contributed by atoms with Crippen LogP contribution < -0.4 is 5.32 Å². The van der Waals surface area contributed by atoms with Crippen molar-refractivity contribution in [2.75, 3.05) is 13.1 Å². The lowest BCUT2D eigenvalue weighted by atomic mass is 9.97. The van der Waals surface area contributed by atoms with Crippen molar-refractivity contribution in [1.29, 1.82) is 0 Å². The van der Waals surface area contributed by atoms with E-state index in [1.807, 2.05) is 44.2 Å². The molecule has 1 aromatic carbocycles. The van der Waals surface area contributed by atoms with Crippen LogP contribution in [0.15, 0.2) is 48.2 Å². The number of carboxylic acids is 1. The zero-order valence-corrected chi connectivity index (χ0v) is 21.8. The number of aliphatic carboxylic acids is 1. The van der Waals surface area contributed by atoms with Gasteiger partial charge in [0, 0.05) is 18.1 Å². The maximum absolute atomic E-state index is 13.3. The van der Waals surface area contributed by atoms with Crippen LogP contribution in [0, 0.1) is 0 Å². The van der Waals surface area contributed by atoms with E-state index in [4.69, 9.17) is 4.43 Å². The molecule has 2 amide bonds. The van der Waals surface area contributed by atoms with Crippen molar-refractivity contribution < 1.29 is 23.9 Å². The Morgan fingerprint density at radius 3 is 2.59 bits per heavy atom. The normalized spacial score (nSPS) is 17.7. The number of amides is 2. The molecule has 0 radical (unpaired) electrons. The molecule has 34 heavy (non-hydrogen) atoms. The molecule has 0 saturated heterocycles. The Morgan fingerprint density at radius 2 is 1.91 bits per heavy atom. The van der Waals surface area contributed by atoms with E-state index in [-0.39, 0.29) is 23.7 Å². The number of rotatable bonds is 7. The first-order valence-electron chi connectivity index (χ1n) is 11.4. The third kappa shape index (κ3) is 6.30. The van der Waals surface area contributed by atoms with Crippen LogP contribution in [0.4, 0.5) is 0 Å².